The van der Waals surface area contributed by atoms with Crippen molar-refractivity contribution < 1.29 is 9.13 Å². The molecular weight excluding hydrogens is 417 g/mol. The van der Waals surface area contributed by atoms with Gasteiger partial charge in [0, 0.05) is 28.3 Å². The van der Waals surface area contributed by atoms with Gasteiger partial charge in [-0.05, 0) is 48.7 Å². The van der Waals surface area contributed by atoms with Gasteiger partial charge < -0.3 is 9.72 Å². The molecule has 0 amide bonds. The lowest BCUT2D eigenvalue weighted by molar-refractivity contribution is 0.297. The van der Waals surface area contributed by atoms with Gasteiger partial charge in [0.2, 0.25) is 5.88 Å². The van der Waals surface area contributed by atoms with Crippen LogP contribution in [0.3, 0.4) is 0 Å². The molecule has 28 heavy (non-hydrogen) atoms. The number of aromatic nitrogens is 3. The summed E-state index contributed by atoms with van der Waals surface area (Å²) in [5, 5.41) is 0.779. The van der Waals surface area contributed by atoms with E-state index in [0.29, 0.717) is 12.5 Å². The third kappa shape index (κ3) is 4.22. The van der Waals surface area contributed by atoms with Crippen molar-refractivity contribution >= 4 is 34.7 Å². The summed E-state index contributed by atoms with van der Waals surface area (Å²) in [5.74, 6) is 0.226. The topological polar surface area (TPSA) is 50.8 Å². The van der Waals surface area contributed by atoms with Crippen LogP contribution >= 0.6 is 34.7 Å². The highest BCUT2D eigenvalue weighted by Gasteiger charge is 2.15. The van der Waals surface area contributed by atoms with E-state index in [1.807, 2.05) is 30.5 Å². The predicted molar refractivity (Wildman–Crippen MR) is 113 cm³/mol. The second kappa shape index (κ2) is 8.34. The zero-order chi connectivity index (χ0) is 19.5. The number of imidazole rings is 1. The van der Waals surface area contributed by atoms with E-state index >= 15 is 0 Å². The molecule has 0 atom stereocenters. The number of pyridine rings is 1. The number of nitrogens with zero attached hydrogens (tertiary/aromatic N) is 2. The molecule has 4 nitrogen and oxygen atoms in total. The van der Waals surface area contributed by atoms with Gasteiger partial charge >= 0.3 is 0 Å². The zero-order valence-electron chi connectivity index (χ0n) is 14.8. The van der Waals surface area contributed by atoms with Crippen molar-refractivity contribution in [2.24, 2.45) is 0 Å². The van der Waals surface area contributed by atoms with Crippen molar-refractivity contribution in [1.82, 2.24) is 15.0 Å². The molecular formula is C20H15ClFN3OS2. The fraction of sp³-hybridized carbons (Fsp3) is 0.100. The zero-order valence-corrected chi connectivity index (χ0v) is 17.2. The van der Waals surface area contributed by atoms with Crippen LogP contribution in [0.15, 0.2) is 59.9 Å². The average molecular weight is 432 g/mol. The normalized spacial score (nSPS) is 11.0. The number of benzene rings is 1. The van der Waals surface area contributed by atoms with Crippen molar-refractivity contribution in [3.8, 4) is 28.4 Å². The highest BCUT2D eigenvalue weighted by Crippen LogP contribution is 2.33. The molecule has 0 saturated heterocycles. The fourth-order valence-corrected chi connectivity index (χ4v) is 4.08. The van der Waals surface area contributed by atoms with E-state index in [0.717, 1.165) is 36.9 Å². The molecule has 0 unspecified atom stereocenters. The predicted octanol–water partition coefficient (Wildman–Crippen LogP) is 6.29. The summed E-state index contributed by atoms with van der Waals surface area (Å²) in [6, 6.07) is 13.8. The number of thiophene rings is 1. The minimum atomic E-state index is -0.275. The molecule has 0 aliphatic heterocycles. The molecule has 8 heteroatoms. The van der Waals surface area contributed by atoms with Gasteiger partial charge in [-0.1, -0.05) is 23.4 Å². The van der Waals surface area contributed by atoms with Gasteiger partial charge in [0.25, 0.3) is 0 Å². The van der Waals surface area contributed by atoms with E-state index in [1.165, 1.54) is 35.2 Å². The third-order valence-corrected chi connectivity index (χ3v) is 5.79. The Labute approximate surface area is 174 Å². The smallest absolute Gasteiger partial charge is 0.214 e. The van der Waals surface area contributed by atoms with Crippen LogP contribution in [0, 0.1) is 5.82 Å². The SMILES string of the molecule is CSc1nc(-c2ccnc(OCc3ccc(Cl)s3)c2)c(-c2ccc(F)cc2)[nH]1. The first kappa shape index (κ1) is 19.0. The van der Waals surface area contributed by atoms with Crippen LogP contribution in [-0.4, -0.2) is 21.2 Å². The lowest BCUT2D eigenvalue weighted by Crippen LogP contribution is -1.95. The number of thioether (sulfide) groups is 1. The van der Waals surface area contributed by atoms with Gasteiger partial charge in [-0.25, -0.2) is 14.4 Å². The number of aromatic amines is 1. The number of halogens is 2. The Morgan fingerprint density at radius 3 is 2.68 bits per heavy atom. The molecule has 3 aromatic heterocycles. The lowest BCUT2D eigenvalue weighted by Gasteiger charge is -2.07. The molecule has 1 N–H and O–H groups in total. The van der Waals surface area contributed by atoms with E-state index in [-0.39, 0.29) is 5.82 Å². The summed E-state index contributed by atoms with van der Waals surface area (Å²) in [6.07, 6.45) is 3.64. The standard InChI is InChI=1S/C20H15ClFN3OS2/c1-27-20-24-18(12-2-4-14(22)5-3-12)19(25-20)13-8-9-23-17(10-13)26-11-15-6-7-16(21)28-15/h2-10H,11H2,1H3,(H,24,25). The van der Waals surface area contributed by atoms with Gasteiger partial charge in [-0.2, -0.15) is 0 Å². The molecule has 0 bridgehead atoms. The Bertz CT molecular complexity index is 1100. The maximum atomic E-state index is 13.3. The van der Waals surface area contributed by atoms with Crippen LogP contribution in [0.5, 0.6) is 5.88 Å². The van der Waals surface area contributed by atoms with Gasteiger partial charge in [0.05, 0.1) is 15.7 Å². The Morgan fingerprint density at radius 2 is 1.96 bits per heavy atom. The molecule has 0 saturated carbocycles. The molecule has 0 aliphatic rings. The maximum absolute atomic E-state index is 13.3. The Kier molecular flexibility index (Phi) is 5.66. The van der Waals surface area contributed by atoms with E-state index < -0.39 is 0 Å². The molecule has 0 spiro atoms. The number of hydrogen-bond donors (Lipinski definition) is 1. The largest absolute Gasteiger partial charge is 0.472 e. The quantitative estimate of drug-likeness (QED) is 0.364. The molecule has 4 rings (SSSR count). The summed E-state index contributed by atoms with van der Waals surface area (Å²) in [7, 11) is 0. The second-order valence-corrected chi connectivity index (χ2v) is 8.45. The van der Waals surface area contributed by atoms with E-state index in [9.17, 15) is 4.39 Å². The third-order valence-electron chi connectivity index (χ3n) is 4.01. The molecule has 0 aliphatic carbocycles. The van der Waals surface area contributed by atoms with Gasteiger partial charge in [0.1, 0.15) is 12.4 Å². The fourth-order valence-electron chi connectivity index (χ4n) is 2.69. The summed E-state index contributed by atoms with van der Waals surface area (Å²) >= 11 is 8.95. The molecule has 0 fully saturated rings. The van der Waals surface area contributed by atoms with Crippen LogP contribution < -0.4 is 4.74 Å². The van der Waals surface area contributed by atoms with Crippen LogP contribution in [0.1, 0.15) is 4.88 Å². The first-order chi connectivity index (χ1) is 13.6. The molecule has 4 aromatic rings. The highest BCUT2D eigenvalue weighted by molar-refractivity contribution is 7.98. The Balaban J connectivity index is 1.65. The van der Waals surface area contributed by atoms with Crippen molar-refractivity contribution in [2.75, 3.05) is 6.26 Å². The lowest BCUT2D eigenvalue weighted by atomic mass is 10.1. The van der Waals surface area contributed by atoms with Crippen LogP contribution in [-0.2, 0) is 6.61 Å². The minimum Gasteiger partial charge on any atom is -0.472 e. The van der Waals surface area contributed by atoms with E-state index in [4.69, 9.17) is 16.3 Å². The molecule has 1 aromatic carbocycles. The second-order valence-electron chi connectivity index (χ2n) is 5.85. The van der Waals surface area contributed by atoms with Crippen LogP contribution in [0.2, 0.25) is 4.34 Å². The first-order valence-corrected chi connectivity index (χ1v) is 10.8. The maximum Gasteiger partial charge on any atom is 0.214 e. The average Bonchev–Trinajstić information content (AvgIpc) is 3.33. The van der Waals surface area contributed by atoms with Crippen molar-refractivity contribution in [3.63, 3.8) is 0 Å². The minimum absolute atomic E-state index is 0.275. The van der Waals surface area contributed by atoms with Crippen LogP contribution in [0.25, 0.3) is 22.5 Å². The van der Waals surface area contributed by atoms with Crippen molar-refractivity contribution in [3.05, 3.63) is 69.8 Å². The van der Waals surface area contributed by atoms with Crippen molar-refractivity contribution in [2.45, 2.75) is 11.8 Å². The summed E-state index contributed by atoms with van der Waals surface area (Å²) in [6.45, 7) is 0.398. The summed E-state index contributed by atoms with van der Waals surface area (Å²) < 4.78 is 19.9. The summed E-state index contributed by atoms with van der Waals surface area (Å²) in [5.41, 5.74) is 3.32. The van der Waals surface area contributed by atoms with Crippen LogP contribution in [0.4, 0.5) is 4.39 Å². The van der Waals surface area contributed by atoms with Gasteiger partial charge in [-0.15, -0.1) is 11.3 Å². The van der Waals surface area contributed by atoms with Crippen molar-refractivity contribution in [1.29, 1.82) is 0 Å². The van der Waals surface area contributed by atoms with Gasteiger partial charge in [0.15, 0.2) is 5.16 Å². The monoisotopic (exact) mass is 431 g/mol. The number of rotatable bonds is 6. The number of ether oxygens (including phenoxy) is 1. The Morgan fingerprint density at radius 1 is 1.14 bits per heavy atom. The molecule has 0 radical (unpaired) electrons. The van der Waals surface area contributed by atoms with Gasteiger partial charge in [-0.3, -0.25) is 0 Å². The summed E-state index contributed by atoms with van der Waals surface area (Å²) in [4.78, 5) is 13.3. The highest BCUT2D eigenvalue weighted by atomic mass is 35.5. The Hall–Kier alpha value is -2.35. The number of hydrogen-bond acceptors (Lipinski definition) is 5. The molecule has 142 valence electrons. The number of nitrogens with one attached hydrogen (secondary N) is 1. The van der Waals surface area contributed by atoms with E-state index in [2.05, 4.69) is 15.0 Å². The van der Waals surface area contributed by atoms with E-state index in [1.54, 1.807) is 18.3 Å². The first-order valence-electron chi connectivity index (χ1n) is 8.36. The molecule has 3 heterocycles. The number of H-pyrrole nitrogens is 1.